The lowest BCUT2D eigenvalue weighted by Crippen LogP contribution is -2.32. The fourth-order valence-electron chi connectivity index (χ4n) is 1.06. The molecule has 0 rings (SSSR count). The third kappa shape index (κ3) is 13.7. The van der Waals surface area contributed by atoms with Crippen molar-refractivity contribution in [2.75, 3.05) is 33.4 Å². The van der Waals surface area contributed by atoms with E-state index in [4.69, 9.17) is 4.74 Å². The van der Waals surface area contributed by atoms with Crippen molar-refractivity contribution in [3.63, 3.8) is 0 Å². The molecule has 0 atom stereocenters. The number of halogens is 1. The van der Waals surface area contributed by atoms with Crippen molar-refractivity contribution in [2.45, 2.75) is 26.2 Å². The van der Waals surface area contributed by atoms with Gasteiger partial charge in [-0.25, -0.2) is 0 Å². The highest BCUT2D eigenvalue weighted by Crippen LogP contribution is 1.88. The fourth-order valence-corrected chi connectivity index (χ4v) is 1.06. The minimum Gasteiger partial charge on any atom is -0.385 e. The largest absolute Gasteiger partial charge is 0.385 e. The second kappa shape index (κ2) is 13.7. The van der Waals surface area contributed by atoms with E-state index in [9.17, 15) is 4.79 Å². The molecule has 2 N–H and O–H groups in total. The Kier molecular flexibility index (Phi) is 15.6. The van der Waals surface area contributed by atoms with Gasteiger partial charge in [0.2, 0.25) is 5.91 Å². The Morgan fingerprint density at radius 1 is 1.27 bits per heavy atom. The molecule has 0 aliphatic carbocycles. The van der Waals surface area contributed by atoms with Gasteiger partial charge in [0.1, 0.15) is 0 Å². The van der Waals surface area contributed by atoms with Gasteiger partial charge in [-0.1, -0.05) is 6.92 Å². The van der Waals surface area contributed by atoms with Crippen LogP contribution in [0.15, 0.2) is 0 Å². The highest BCUT2D eigenvalue weighted by atomic mass is 35.5. The number of nitrogens with one attached hydrogen (secondary N) is 2. The maximum Gasteiger partial charge on any atom is 0.220 e. The molecule has 0 bridgehead atoms. The highest BCUT2D eigenvalue weighted by Gasteiger charge is 1.98. The number of carbonyl (C=O) groups excluding carboxylic acids is 1. The molecule has 0 aromatic carbocycles. The molecule has 0 saturated heterocycles. The van der Waals surface area contributed by atoms with E-state index >= 15 is 0 Å². The maximum atomic E-state index is 11.2. The van der Waals surface area contributed by atoms with Crippen LogP contribution >= 0.6 is 12.4 Å². The van der Waals surface area contributed by atoms with Gasteiger partial charge in [0.15, 0.2) is 0 Å². The van der Waals surface area contributed by atoms with E-state index in [0.29, 0.717) is 19.6 Å². The summed E-state index contributed by atoms with van der Waals surface area (Å²) in [6, 6.07) is 0. The molecule has 0 heterocycles. The Morgan fingerprint density at radius 3 is 2.60 bits per heavy atom. The molecule has 0 saturated carbocycles. The maximum absolute atomic E-state index is 11.2. The Labute approximate surface area is 98.6 Å². The predicted molar refractivity (Wildman–Crippen MR) is 64.5 cm³/mol. The molecule has 0 aromatic rings. The molecule has 5 heteroatoms. The number of rotatable bonds is 9. The van der Waals surface area contributed by atoms with Gasteiger partial charge in [0.05, 0.1) is 0 Å². The van der Waals surface area contributed by atoms with Crippen LogP contribution in [-0.4, -0.2) is 39.3 Å². The zero-order valence-corrected chi connectivity index (χ0v) is 10.5. The molecule has 0 radical (unpaired) electrons. The van der Waals surface area contributed by atoms with Crippen LogP contribution in [0.4, 0.5) is 0 Å². The van der Waals surface area contributed by atoms with Crippen LogP contribution in [0.5, 0.6) is 0 Å². The standard InChI is InChI=1S/C10H22N2O2.ClH/c1-3-6-11-7-8-12-10(13)5-4-9-14-2;/h11H,3-9H2,1-2H3,(H,12,13);1H. The predicted octanol–water partition coefficient (Wildman–Crippen LogP) is 0.951. The average Bonchev–Trinajstić information content (AvgIpc) is 2.18. The quantitative estimate of drug-likeness (QED) is 0.588. The van der Waals surface area contributed by atoms with Gasteiger partial charge >= 0.3 is 0 Å². The number of methoxy groups -OCH3 is 1. The molecule has 0 unspecified atom stereocenters. The van der Waals surface area contributed by atoms with Gasteiger partial charge in [0, 0.05) is 33.2 Å². The third-order valence-corrected chi connectivity index (χ3v) is 1.80. The zero-order valence-electron chi connectivity index (χ0n) is 9.67. The zero-order chi connectivity index (χ0) is 10.6. The molecule has 0 aromatic heterocycles. The van der Waals surface area contributed by atoms with Crippen molar-refractivity contribution < 1.29 is 9.53 Å². The van der Waals surface area contributed by atoms with Crippen molar-refractivity contribution >= 4 is 18.3 Å². The summed E-state index contributed by atoms with van der Waals surface area (Å²) in [6.07, 6.45) is 2.48. The molecule has 0 fully saturated rings. The summed E-state index contributed by atoms with van der Waals surface area (Å²) >= 11 is 0. The first-order valence-corrected chi connectivity index (χ1v) is 5.27. The monoisotopic (exact) mass is 238 g/mol. The molecule has 0 aliphatic rings. The smallest absolute Gasteiger partial charge is 0.220 e. The normalized spacial score (nSPS) is 9.47. The second-order valence-electron chi connectivity index (χ2n) is 3.20. The van der Waals surface area contributed by atoms with Gasteiger partial charge in [0.25, 0.3) is 0 Å². The summed E-state index contributed by atoms with van der Waals surface area (Å²) in [5.74, 6) is 0.111. The molecule has 0 aliphatic heterocycles. The molecule has 15 heavy (non-hydrogen) atoms. The van der Waals surface area contributed by atoms with Crippen LogP contribution in [0.3, 0.4) is 0 Å². The van der Waals surface area contributed by atoms with E-state index < -0.39 is 0 Å². The fraction of sp³-hybridized carbons (Fsp3) is 0.900. The van der Waals surface area contributed by atoms with Gasteiger partial charge < -0.3 is 15.4 Å². The summed E-state index contributed by atoms with van der Waals surface area (Å²) in [7, 11) is 1.65. The minimum atomic E-state index is 0. The number of hydrogen-bond donors (Lipinski definition) is 2. The lowest BCUT2D eigenvalue weighted by molar-refractivity contribution is -0.121. The van der Waals surface area contributed by atoms with E-state index in [1.165, 1.54) is 0 Å². The summed E-state index contributed by atoms with van der Waals surface area (Å²) in [6.45, 7) is 5.35. The molecule has 92 valence electrons. The van der Waals surface area contributed by atoms with Gasteiger partial charge in [-0.15, -0.1) is 12.4 Å². The summed E-state index contributed by atoms with van der Waals surface area (Å²) in [4.78, 5) is 11.2. The highest BCUT2D eigenvalue weighted by molar-refractivity contribution is 5.85. The Balaban J connectivity index is 0. The topological polar surface area (TPSA) is 50.4 Å². The second-order valence-corrected chi connectivity index (χ2v) is 3.20. The van der Waals surface area contributed by atoms with Crippen LogP contribution in [0.2, 0.25) is 0 Å². The molecular formula is C10H23ClN2O2. The van der Waals surface area contributed by atoms with Crippen molar-refractivity contribution in [3.05, 3.63) is 0 Å². The number of carbonyl (C=O) groups is 1. The van der Waals surface area contributed by atoms with Gasteiger partial charge in [-0.3, -0.25) is 4.79 Å². The van der Waals surface area contributed by atoms with Gasteiger partial charge in [-0.2, -0.15) is 0 Å². The third-order valence-electron chi connectivity index (χ3n) is 1.80. The number of amides is 1. The van der Waals surface area contributed by atoms with Crippen molar-refractivity contribution in [3.8, 4) is 0 Å². The molecular weight excluding hydrogens is 216 g/mol. The van der Waals surface area contributed by atoms with E-state index in [1.807, 2.05) is 0 Å². The lowest BCUT2D eigenvalue weighted by Gasteiger charge is -2.05. The van der Waals surface area contributed by atoms with Crippen molar-refractivity contribution in [2.24, 2.45) is 0 Å². The summed E-state index contributed by atoms with van der Waals surface area (Å²) in [5.41, 5.74) is 0. The van der Waals surface area contributed by atoms with E-state index in [1.54, 1.807) is 7.11 Å². The average molecular weight is 239 g/mol. The van der Waals surface area contributed by atoms with Crippen LogP contribution < -0.4 is 10.6 Å². The number of ether oxygens (including phenoxy) is 1. The first kappa shape index (κ1) is 17.1. The van der Waals surface area contributed by atoms with E-state index in [-0.39, 0.29) is 18.3 Å². The van der Waals surface area contributed by atoms with Crippen molar-refractivity contribution in [1.82, 2.24) is 10.6 Å². The molecule has 1 amide bonds. The Bertz CT molecular complexity index is 145. The van der Waals surface area contributed by atoms with Gasteiger partial charge in [-0.05, 0) is 19.4 Å². The SMILES string of the molecule is CCCNCCNC(=O)CCCOC.Cl. The van der Waals surface area contributed by atoms with E-state index in [0.717, 1.165) is 25.9 Å². The number of hydrogen-bond acceptors (Lipinski definition) is 3. The molecule has 0 spiro atoms. The van der Waals surface area contributed by atoms with Crippen LogP contribution in [-0.2, 0) is 9.53 Å². The Hall–Kier alpha value is -0.320. The summed E-state index contributed by atoms with van der Waals surface area (Å²) < 4.78 is 4.86. The Morgan fingerprint density at radius 2 is 2.00 bits per heavy atom. The minimum absolute atomic E-state index is 0. The first-order chi connectivity index (χ1) is 6.81. The summed E-state index contributed by atoms with van der Waals surface area (Å²) in [5, 5.41) is 6.06. The lowest BCUT2D eigenvalue weighted by atomic mass is 10.3. The van der Waals surface area contributed by atoms with Crippen molar-refractivity contribution in [1.29, 1.82) is 0 Å². The van der Waals surface area contributed by atoms with E-state index in [2.05, 4.69) is 17.6 Å². The first-order valence-electron chi connectivity index (χ1n) is 5.27. The van der Waals surface area contributed by atoms with Crippen LogP contribution in [0.1, 0.15) is 26.2 Å². The van der Waals surface area contributed by atoms with Crippen LogP contribution in [0, 0.1) is 0 Å². The van der Waals surface area contributed by atoms with Crippen LogP contribution in [0.25, 0.3) is 0 Å². The molecule has 4 nitrogen and oxygen atoms in total.